The molecule has 110 valence electrons. The predicted molar refractivity (Wildman–Crippen MR) is 76.4 cm³/mol. The number of hydrogen-bond donors (Lipinski definition) is 0. The van der Waals surface area contributed by atoms with Crippen LogP contribution in [0, 0.1) is 0 Å². The van der Waals surface area contributed by atoms with Crippen LogP contribution in [-0.2, 0) is 9.53 Å². The van der Waals surface area contributed by atoms with Crippen molar-refractivity contribution in [1.82, 2.24) is 0 Å². The maximum Gasteiger partial charge on any atom is 0.330 e. The number of rotatable bonds is 7. The molecule has 1 rings (SSSR count). The lowest BCUT2D eigenvalue weighted by Crippen LogP contribution is -2.01. The lowest BCUT2D eigenvalue weighted by Gasteiger charge is -2.12. The Bertz CT molecular complexity index is 454. The molecule has 20 heavy (non-hydrogen) atoms. The molecule has 5 nitrogen and oxygen atoms in total. The van der Waals surface area contributed by atoms with Crippen LogP contribution in [-0.4, -0.2) is 33.9 Å². The molecule has 0 aliphatic carbocycles. The molecule has 5 heteroatoms. The number of esters is 1. The first-order chi connectivity index (χ1) is 9.65. The number of methoxy groups -OCH3 is 3. The Morgan fingerprint density at radius 3 is 2.15 bits per heavy atom. The fourth-order valence-corrected chi connectivity index (χ4v) is 1.61. The second kappa shape index (κ2) is 8.09. The Morgan fingerprint density at radius 2 is 1.70 bits per heavy atom. The maximum absolute atomic E-state index is 11.4. The van der Waals surface area contributed by atoms with Gasteiger partial charge < -0.3 is 18.9 Å². The summed E-state index contributed by atoms with van der Waals surface area (Å²) in [4.78, 5) is 11.4. The van der Waals surface area contributed by atoms with Crippen LogP contribution in [0.2, 0.25) is 0 Å². The second-order valence-corrected chi connectivity index (χ2v) is 3.96. The summed E-state index contributed by atoms with van der Waals surface area (Å²) in [5.41, 5.74) is 0.757. The molecular weight excluding hydrogens is 260 g/mol. The van der Waals surface area contributed by atoms with E-state index in [0.29, 0.717) is 23.9 Å². The Balaban J connectivity index is 2.96. The highest BCUT2D eigenvalue weighted by atomic mass is 16.5. The lowest BCUT2D eigenvalue weighted by atomic mass is 10.1. The molecule has 0 spiro atoms. The van der Waals surface area contributed by atoms with E-state index in [1.165, 1.54) is 13.2 Å². The number of carbonyl (C=O) groups is 1. The molecule has 0 saturated heterocycles. The molecule has 1 aromatic rings. The molecule has 0 saturated carbocycles. The fraction of sp³-hybridized carbons (Fsp3) is 0.400. The quantitative estimate of drug-likeness (QED) is 0.568. The molecule has 0 unspecified atom stereocenters. The maximum atomic E-state index is 11.4. The summed E-state index contributed by atoms with van der Waals surface area (Å²) in [6, 6.07) is 3.51. The van der Waals surface area contributed by atoms with Crippen molar-refractivity contribution in [1.29, 1.82) is 0 Å². The summed E-state index contributed by atoms with van der Waals surface area (Å²) < 4.78 is 20.7. The van der Waals surface area contributed by atoms with Gasteiger partial charge in [-0.15, -0.1) is 0 Å². The molecule has 0 bridgehead atoms. The summed E-state index contributed by atoms with van der Waals surface area (Å²) >= 11 is 0. The zero-order chi connectivity index (χ0) is 15.0. The summed E-state index contributed by atoms with van der Waals surface area (Å²) in [6.07, 6.45) is 3.81. The first-order valence-corrected chi connectivity index (χ1v) is 6.31. The molecule has 0 aliphatic heterocycles. The minimum atomic E-state index is -0.374. The molecule has 0 heterocycles. The van der Waals surface area contributed by atoms with Crippen LogP contribution in [0.3, 0.4) is 0 Å². The normalized spacial score (nSPS) is 10.4. The van der Waals surface area contributed by atoms with Crippen molar-refractivity contribution in [3.8, 4) is 17.2 Å². The first-order valence-electron chi connectivity index (χ1n) is 6.31. The zero-order valence-corrected chi connectivity index (χ0v) is 12.3. The molecule has 0 aromatic heterocycles. The van der Waals surface area contributed by atoms with Crippen molar-refractivity contribution in [2.24, 2.45) is 0 Å². The highest BCUT2D eigenvalue weighted by Crippen LogP contribution is 2.38. The van der Waals surface area contributed by atoms with Crippen LogP contribution in [0.15, 0.2) is 18.2 Å². The molecule has 0 radical (unpaired) electrons. The summed E-state index contributed by atoms with van der Waals surface area (Å²) in [6.45, 7) is 2.36. The summed E-state index contributed by atoms with van der Waals surface area (Å²) in [5.74, 6) is 1.21. The topological polar surface area (TPSA) is 54.0 Å². The van der Waals surface area contributed by atoms with E-state index in [2.05, 4.69) is 0 Å². The molecule has 0 amide bonds. The molecule has 0 N–H and O–H groups in total. The van der Waals surface area contributed by atoms with Crippen molar-refractivity contribution < 1.29 is 23.7 Å². The number of benzene rings is 1. The van der Waals surface area contributed by atoms with E-state index < -0.39 is 0 Å². The van der Waals surface area contributed by atoms with Gasteiger partial charge in [0.2, 0.25) is 5.75 Å². The van der Waals surface area contributed by atoms with Gasteiger partial charge >= 0.3 is 5.97 Å². The van der Waals surface area contributed by atoms with E-state index in [9.17, 15) is 4.79 Å². The van der Waals surface area contributed by atoms with Crippen LogP contribution < -0.4 is 14.2 Å². The van der Waals surface area contributed by atoms with E-state index in [-0.39, 0.29) is 5.97 Å². The van der Waals surface area contributed by atoms with E-state index in [1.54, 1.807) is 32.4 Å². The van der Waals surface area contributed by atoms with Gasteiger partial charge in [0.25, 0.3) is 0 Å². The fourth-order valence-electron chi connectivity index (χ4n) is 1.61. The van der Waals surface area contributed by atoms with E-state index in [4.69, 9.17) is 18.9 Å². The van der Waals surface area contributed by atoms with Gasteiger partial charge in [-0.2, -0.15) is 0 Å². The minimum Gasteiger partial charge on any atom is -0.493 e. The van der Waals surface area contributed by atoms with Crippen LogP contribution in [0.4, 0.5) is 0 Å². The highest BCUT2D eigenvalue weighted by Gasteiger charge is 2.12. The first kappa shape index (κ1) is 15.9. The van der Waals surface area contributed by atoms with Gasteiger partial charge in [0.05, 0.1) is 27.9 Å². The Morgan fingerprint density at radius 1 is 1.10 bits per heavy atom. The highest BCUT2D eigenvalue weighted by molar-refractivity contribution is 5.87. The van der Waals surface area contributed by atoms with Crippen LogP contribution >= 0.6 is 0 Å². The van der Waals surface area contributed by atoms with Crippen molar-refractivity contribution in [3.05, 3.63) is 23.8 Å². The smallest absolute Gasteiger partial charge is 0.330 e. The van der Waals surface area contributed by atoms with Gasteiger partial charge in [-0.05, 0) is 30.2 Å². The second-order valence-electron chi connectivity index (χ2n) is 3.96. The number of ether oxygens (including phenoxy) is 4. The van der Waals surface area contributed by atoms with Crippen LogP contribution in [0.25, 0.3) is 6.08 Å². The number of hydrogen-bond acceptors (Lipinski definition) is 5. The van der Waals surface area contributed by atoms with Crippen molar-refractivity contribution in [3.63, 3.8) is 0 Å². The van der Waals surface area contributed by atoms with Gasteiger partial charge in [0, 0.05) is 6.08 Å². The third-order valence-corrected chi connectivity index (χ3v) is 2.55. The molecule has 1 aromatic carbocycles. The van der Waals surface area contributed by atoms with Crippen molar-refractivity contribution >= 4 is 12.0 Å². The Kier molecular flexibility index (Phi) is 6.43. The standard InChI is InChI=1S/C15H20O5/c1-5-8-20-14(16)7-6-11-9-12(17-2)15(19-4)13(10-11)18-3/h6-7,9-10H,5,8H2,1-4H3/b7-6+. The molecule has 0 fully saturated rings. The van der Waals surface area contributed by atoms with Gasteiger partial charge in [-0.1, -0.05) is 6.92 Å². The average molecular weight is 280 g/mol. The van der Waals surface area contributed by atoms with Gasteiger partial charge in [0.1, 0.15) is 0 Å². The van der Waals surface area contributed by atoms with Gasteiger partial charge in [-0.3, -0.25) is 0 Å². The summed E-state index contributed by atoms with van der Waals surface area (Å²) in [5, 5.41) is 0. The Hall–Kier alpha value is -2.17. The third-order valence-electron chi connectivity index (χ3n) is 2.55. The zero-order valence-electron chi connectivity index (χ0n) is 12.3. The van der Waals surface area contributed by atoms with Gasteiger partial charge in [-0.25, -0.2) is 4.79 Å². The predicted octanol–water partition coefficient (Wildman–Crippen LogP) is 2.68. The van der Waals surface area contributed by atoms with Crippen molar-refractivity contribution in [2.75, 3.05) is 27.9 Å². The number of carbonyl (C=O) groups excluding carboxylic acids is 1. The molecule has 0 atom stereocenters. The Labute approximate surface area is 119 Å². The van der Waals surface area contributed by atoms with Crippen molar-refractivity contribution in [2.45, 2.75) is 13.3 Å². The minimum absolute atomic E-state index is 0.374. The molecule has 0 aliphatic rings. The largest absolute Gasteiger partial charge is 0.493 e. The van der Waals surface area contributed by atoms with E-state index in [0.717, 1.165) is 12.0 Å². The van der Waals surface area contributed by atoms with E-state index in [1.807, 2.05) is 6.92 Å². The van der Waals surface area contributed by atoms with Gasteiger partial charge in [0.15, 0.2) is 11.5 Å². The van der Waals surface area contributed by atoms with E-state index >= 15 is 0 Å². The average Bonchev–Trinajstić information content (AvgIpc) is 2.49. The SMILES string of the molecule is CCCOC(=O)/C=C/c1cc(OC)c(OC)c(OC)c1. The lowest BCUT2D eigenvalue weighted by molar-refractivity contribution is -0.137. The monoisotopic (exact) mass is 280 g/mol. The molecular formula is C15H20O5. The van der Waals surface area contributed by atoms with Crippen LogP contribution in [0.1, 0.15) is 18.9 Å². The van der Waals surface area contributed by atoms with Crippen LogP contribution in [0.5, 0.6) is 17.2 Å². The summed E-state index contributed by atoms with van der Waals surface area (Å²) in [7, 11) is 4.62. The third kappa shape index (κ3) is 4.19.